The van der Waals surface area contributed by atoms with Gasteiger partial charge in [0.25, 0.3) is 5.91 Å². The number of ether oxygens (including phenoxy) is 2. The topological polar surface area (TPSA) is 87.8 Å². The van der Waals surface area contributed by atoms with Crippen molar-refractivity contribution in [2.45, 2.75) is 19.0 Å². The van der Waals surface area contributed by atoms with Gasteiger partial charge >= 0.3 is 0 Å². The third kappa shape index (κ3) is 4.00. The van der Waals surface area contributed by atoms with Gasteiger partial charge in [-0.15, -0.1) is 0 Å². The highest BCUT2D eigenvalue weighted by Crippen LogP contribution is 2.45. The van der Waals surface area contributed by atoms with Crippen molar-refractivity contribution in [1.82, 2.24) is 15.2 Å². The predicted molar refractivity (Wildman–Crippen MR) is 114 cm³/mol. The number of nitrogens with one attached hydrogen (secondary N) is 3. The van der Waals surface area contributed by atoms with E-state index < -0.39 is 0 Å². The van der Waals surface area contributed by atoms with E-state index in [9.17, 15) is 4.79 Å². The van der Waals surface area contributed by atoms with Gasteiger partial charge in [-0.2, -0.15) is 0 Å². The molecule has 1 amide bonds. The number of amides is 1. The quantitative estimate of drug-likeness (QED) is 0.697. The van der Waals surface area contributed by atoms with Gasteiger partial charge in [0.2, 0.25) is 0 Å². The van der Waals surface area contributed by atoms with E-state index in [-0.39, 0.29) is 12.1 Å². The number of carbonyl (C=O) groups is 1. The summed E-state index contributed by atoms with van der Waals surface area (Å²) in [5, 5.41) is 10.2. The molecule has 5 rings (SSSR count). The largest absolute Gasteiger partial charge is 0.486 e. The molecule has 3 aliphatic rings. The molecule has 4 heterocycles. The lowest BCUT2D eigenvalue weighted by Crippen LogP contribution is -2.44. The number of piperidine rings is 1. The zero-order valence-corrected chi connectivity index (χ0v) is 16.9. The molecule has 2 aromatic rings. The summed E-state index contributed by atoms with van der Waals surface area (Å²) in [7, 11) is 0. The van der Waals surface area contributed by atoms with Crippen LogP contribution in [0.2, 0.25) is 0 Å². The highest BCUT2D eigenvalue weighted by Gasteiger charge is 2.29. The van der Waals surface area contributed by atoms with Crippen molar-refractivity contribution in [3.63, 3.8) is 0 Å². The van der Waals surface area contributed by atoms with Crippen LogP contribution in [0, 0.1) is 5.92 Å². The highest BCUT2D eigenvalue weighted by atomic mass is 16.6. The van der Waals surface area contributed by atoms with Crippen molar-refractivity contribution in [3.05, 3.63) is 42.2 Å². The summed E-state index contributed by atoms with van der Waals surface area (Å²) >= 11 is 0. The molecule has 1 aromatic carbocycles. The minimum Gasteiger partial charge on any atom is -0.486 e. The number of anilines is 2. The van der Waals surface area contributed by atoms with Crippen molar-refractivity contribution < 1.29 is 14.3 Å². The number of carbonyl (C=O) groups excluding carboxylic acids is 1. The van der Waals surface area contributed by atoms with Crippen LogP contribution >= 0.6 is 0 Å². The van der Waals surface area contributed by atoms with E-state index in [4.69, 9.17) is 9.47 Å². The SMILES string of the molecule is O=C(NCC1CCN(CC2Nc3ccc4c(c3N2)OCCO4)CC1)c1cccnc1. The number of rotatable bonds is 5. The van der Waals surface area contributed by atoms with Crippen LogP contribution in [0.4, 0.5) is 11.4 Å². The molecule has 0 saturated carbocycles. The highest BCUT2D eigenvalue weighted by molar-refractivity contribution is 5.93. The zero-order valence-electron chi connectivity index (χ0n) is 16.9. The number of hydrogen-bond acceptors (Lipinski definition) is 7. The lowest BCUT2D eigenvalue weighted by atomic mass is 9.96. The Bertz CT molecular complexity index is 899. The summed E-state index contributed by atoms with van der Waals surface area (Å²) in [6.07, 6.45) is 5.60. The molecule has 8 heteroatoms. The van der Waals surface area contributed by atoms with Gasteiger partial charge in [0.05, 0.1) is 11.3 Å². The zero-order chi connectivity index (χ0) is 20.3. The van der Waals surface area contributed by atoms with Crippen LogP contribution in [-0.4, -0.2) is 61.3 Å². The standard InChI is InChI=1S/C22H27N5O3/c28-22(16-2-1-7-23-13-16)24-12-15-5-8-27(9-6-15)14-19-25-17-3-4-18-21(20(17)26-19)30-11-10-29-18/h1-4,7,13,15,19,25-26H,5-6,8-12,14H2,(H,24,28). The number of benzene rings is 1. The van der Waals surface area contributed by atoms with Crippen LogP contribution in [0.15, 0.2) is 36.7 Å². The Hall–Kier alpha value is -3.00. The first kappa shape index (κ1) is 19.0. The summed E-state index contributed by atoms with van der Waals surface area (Å²) in [6.45, 7) is 4.87. The first-order valence-corrected chi connectivity index (χ1v) is 10.6. The fourth-order valence-electron chi connectivity index (χ4n) is 4.34. The van der Waals surface area contributed by atoms with Crippen LogP contribution in [0.1, 0.15) is 23.2 Å². The normalized spacial score (nSPS) is 20.7. The maximum atomic E-state index is 12.2. The molecule has 1 unspecified atom stereocenters. The first-order chi connectivity index (χ1) is 14.8. The summed E-state index contributed by atoms with van der Waals surface area (Å²) < 4.78 is 11.5. The molecule has 0 aliphatic carbocycles. The number of aromatic nitrogens is 1. The van der Waals surface area contributed by atoms with Gasteiger partial charge in [-0.25, -0.2) is 0 Å². The summed E-state index contributed by atoms with van der Waals surface area (Å²) in [5.74, 6) is 2.10. The third-order valence-electron chi connectivity index (χ3n) is 5.98. The molecule has 1 saturated heterocycles. The summed E-state index contributed by atoms with van der Waals surface area (Å²) in [5.41, 5.74) is 2.69. The molecule has 1 atom stereocenters. The van der Waals surface area contributed by atoms with Crippen LogP contribution in [0.5, 0.6) is 11.5 Å². The van der Waals surface area contributed by atoms with E-state index in [0.717, 1.165) is 61.9 Å². The molecule has 3 aliphatic heterocycles. The molecule has 8 nitrogen and oxygen atoms in total. The Morgan fingerprint density at radius 1 is 1.17 bits per heavy atom. The third-order valence-corrected chi connectivity index (χ3v) is 5.98. The van der Waals surface area contributed by atoms with Crippen molar-refractivity contribution in [3.8, 4) is 11.5 Å². The molecule has 0 radical (unpaired) electrons. The van der Waals surface area contributed by atoms with Gasteiger partial charge in [-0.1, -0.05) is 0 Å². The summed E-state index contributed by atoms with van der Waals surface area (Å²) in [6, 6.07) is 7.59. The monoisotopic (exact) mass is 409 g/mol. The Kier molecular flexibility index (Phi) is 5.31. The minimum absolute atomic E-state index is 0.0443. The number of likely N-dealkylation sites (tertiary alicyclic amines) is 1. The minimum atomic E-state index is -0.0443. The van der Waals surface area contributed by atoms with Crippen LogP contribution in [-0.2, 0) is 0 Å². The second-order valence-electron chi connectivity index (χ2n) is 8.05. The molecular formula is C22H27N5O3. The lowest BCUT2D eigenvalue weighted by Gasteiger charge is -2.33. The lowest BCUT2D eigenvalue weighted by molar-refractivity contribution is 0.0935. The van der Waals surface area contributed by atoms with Gasteiger partial charge in [-0.3, -0.25) is 14.7 Å². The van der Waals surface area contributed by atoms with Crippen molar-refractivity contribution in [2.75, 3.05) is 50.0 Å². The Morgan fingerprint density at radius 3 is 2.87 bits per heavy atom. The van der Waals surface area contributed by atoms with Crippen molar-refractivity contribution in [2.24, 2.45) is 5.92 Å². The van der Waals surface area contributed by atoms with Gasteiger partial charge in [-0.05, 0) is 56.1 Å². The Balaban J connectivity index is 1.08. The summed E-state index contributed by atoms with van der Waals surface area (Å²) in [4.78, 5) is 18.7. The number of fused-ring (bicyclic) bond motifs is 3. The van der Waals surface area contributed by atoms with E-state index in [1.54, 1.807) is 24.5 Å². The molecule has 30 heavy (non-hydrogen) atoms. The maximum Gasteiger partial charge on any atom is 0.252 e. The molecule has 1 aromatic heterocycles. The van der Waals surface area contributed by atoms with E-state index >= 15 is 0 Å². The van der Waals surface area contributed by atoms with E-state index in [1.165, 1.54) is 0 Å². The van der Waals surface area contributed by atoms with E-state index in [0.29, 0.717) is 24.7 Å². The van der Waals surface area contributed by atoms with Gasteiger partial charge in [0.1, 0.15) is 25.1 Å². The maximum absolute atomic E-state index is 12.2. The molecule has 3 N–H and O–H groups in total. The smallest absolute Gasteiger partial charge is 0.252 e. The Labute approximate surface area is 176 Å². The fraction of sp³-hybridized carbons (Fsp3) is 0.455. The average molecular weight is 409 g/mol. The molecule has 1 fully saturated rings. The first-order valence-electron chi connectivity index (χ1n) is 10.6. The molecule has 0 spiro atoms. The van der Waals surface area contributed by atoms with Gasteiger partial charge < -0.3 is 25.4 Å². The predicted octanol–water partition coefficient (Wildman–Crippen LogP) is 2.16. The van der Waals surface area contributed by atoms with E-state index in [1.807, 2.05) is 12.1 Å². The fourth-order valence-corrected chi connectivity index (χ4v) is 4.34. The number of pyridine rings is 1. The molecule has 158 valence electrons. The van der Waals surface area contributed by atoms with Crippen molar-refractivity contribution >= 4 is 17.3 Å². The second kappa shape index (κ2) is 8.39. The Morgan fingerprint density at radius 2 is 2.03 bits per heavy atom. The number of hydrogen-bond donors (Lipinski definition) is 3. The van der Waals surface area contributed by atoms with Crippen LogP contribution < -0.4 is 25.4 Å². The second-order valence-corrected chi connectivity index (χ2v) is 8.05. The van der Waals surface area contributed by atoms with E-state index in [2.05, 4.69) is 25.8 Å². The van der Waals surface area contributed by atoms with Gasteiger partial charge in [0.15, 0.2) is 11.5 Å². The van der Waals surface area contributed by atoms with Crippen molar-refractivity contribution in [1.29, 1.82) is 0 Å². The molecule has 0 bridgehead atoms. The van der Waals surface area contributed by atoms with Gasteiger partial charge in [0, 0.05) is 25.5 Å². The average Bonchev–Trinajstić information content (AvgIpc) is 3.22. The molecular weight excluding hydrogens is 382 g/mol. The van der Waals surface area contributed by atoms with Crippen LogP contribution in [0.25, 0.3) is 0 Å². The number of nitrogens with zero attached hydrogens (tertiary/aromatic N) is 2. The van der Waals surface area contributed by atoms with Crippen LogP contribution in [0.3, 0.4) is 0 Å².